The van der Waals surface area contributed by atoms with E-state index in [0.29, 0.717) is 13.0 Å². The van der Waals surface area contributed by atoms with Gasteiger partial charge in [-0.1, -0.05) is 58.6 Å². The maximum absolute atomic E-state index is 12.0. The molecular weight excluding hydrogens is 298 g/mol. The molecule has 1 atom stereocenters. The first kappa shape index (κ1) is 17.3. The predicted molar refractivity (Wildman–Crippen MR) is 97.5 cm³/mol. The van der Waals surface area contributed by atoms with Crippen molar-refractivity contribution in [2.45, 2.75) is 77.2 Å². The molecule has 0 unspecified atom stereocenters. The van der Waals surface area contributed by atoms with E-state index in [1.807, 2.05) is 0 Å². The fourth-order valence-electron chi connectivity index (χ4n) is 3.85. The molecule has 3 nitrogen and oxygen atoms in total. The summed E-state index contributed by atoms with van der Waals surface area (Å²) in [6.07, 6.45) is 7.99. The molecule has 1 saturated carbocycles. The van der Waals surface area contributed by atoms with Crippen LogP contribution >= 0.6 is 0 Å². The highest BCUT2D eigenvalue weighted by Gasteiger charge is 2.25. The minimum atomic E-state index is 0.0747. The van der Waals surface area contributed by atoms with E-state index in [2.05, 4.69) is 44.3 Å². The Labute approximate surface area is 146 Å². The van der Waals surface area contributed by atoms with Gasteiger partial charge in [-0.2, -0.15) is 0 Å². The first-order valence-corrected chi connectivity index (χ1v) is 9.48. The Balaban J connectivity index is 1.45. The second-order valence-corrected chi connectivity index (χ2v) is 8.51. The van der Waals surface area contributed by atoms with Gasteiger partial charge in [-0.05, 0) is 34.9 Å². The molecule has 132 valence electrons. The Hall–Kier alpha value is -1.51. The number of benzene rings is 1. The Morgan fingerprint density at radius 1 is 1.25 bits per heavy atom. The number of amides is 1. The Morgan fingerprint density at radius 3 is 2.71 bits per heavy atom. The molecule has 1 aliphatic heterocycles. The second-order valence-electron chi connectivity index (χ2n) is 8.51. The maximum atomic E-state index is 12.0. The molecule has 2 aliphatic rings. The molecule has 24 heavy (non-hydrogen) atoms. The van der Waals surface area contributed by atoms with E-state index in [9.17, 15) is 4.79 Å². The lowest BCUT2D eigenvalue weighted by atomic mass is 9.86. The smallest absolute Gasteiger partial charge is 0.220 e. The monoisotopic (exact) mass is 329 g/mol. The van der Waals surface area contributed by atoms with Crippen molar-refractivity contribution in [3.05, 3.63) is 29.3 Å². The largest absolute Gasteiger partial charge is 0.488 e. The van der Waals surface area contributed by atoms with Crippen molar-refractivity contribution in [1.82, 2.24) is 5.32 Å². The van der Waals surface area contributed by atoms with E-state index in [4.69, 9.17) is 4.74 Å². The van der Waals surface area contributed by atoms with Gasteiger partial charge in [-0.15, -0.1) is 0 Å². The van der Waals surface area contributed by atoms with Crippen molar-refractivity contribution in [2.24, 2.45) is 5.92 Å². The van der Waals surface area contributed by atoms with Crippen LogP contribution in [0.1, 0.15) is 70.4 Å². The summed E-state index contributed by atoms with van der Waals surface area (Å²) >= 11 is 0. The van der Waals surface area contributed by atoms with Gasteiger partial charge in [0.25, 0.3) is 0 Å². The van der Waals surface area contributed by atoms with Crippen molar-refractivity contribution < 1.29 is 9.53 Å². The molecule has 0 bridgehead atoms. The molecule has 1 fully saturated rings. The Kier molecular flexibility index (Phi) is 5.17. The lowest BCUT2D eigenvalue weighted by molar-refractivity contribution is -0.121. The quantitative estimate of drug-likeness (QED) is 0.871. The summed E-state index contributed by atoms with van der Waals surface area (Å²) in [4.78, 5) is 12.0. The van der Waals surface area contributed by atoms with Crippen LogP contribution in [0.4, 0.5) is 0 Å². The van der Waals surface area contributed by atoms with Crippen LogP contribution in [-0.4, -0.2) is 18.6 Å². The third-order valence-corrected chi connectivity index (χ3v) is 5.45. The second kappa shape index (κ2) is 7.16. The van der Waals surface area contributed by atoms with E-state index in [1.165, 1.54) is 36.8 Å². The first-order chi connectivity index (χ1) is 11.4. The number of ether oxygens (including phenoxy) is 1. The van der Waals surface area contributed by atoms with Gasteiger partial charge in [0.05, 0.1) is 6.54 Å². The van der Waals surface area contributed by atoms with Crippen molar-refractivity contribution in [2.75, 3.05) is 6.54 Å². The standard InChI is InChI=1S/C21H31NO2/c1-21(2,3)17-9-10-19-16(12-17)13-18(24-19)14-22-20(23)11-8-15-6-4-5-7-15/h9-10,12,15,18H,4-8,11,13-14H2,1-3H3,(H,22,23)/t18-/m0/s1. The number of hydrogen-bond donors (Lipinski definition) is 1. The third-order valence-electron chi connectivity index (χ3n) is 5.45. The van der Waals surface area contributed by atoms with E-state index >= 15 is 0 Å². The molecule has 0 saturated heterocycles. The zero-order valence-electron chi connectivity index (χ0n) is 15.4. The van der Waals surface area contributed by atoms with E-state index in [1.54, 1.807) is 0 Å². The van der Waals surface area contributed by atoms with Crippen molar-refractivity contribution in [3.8, 4) is 5.75 Å². The minimum absolute atomic E-state index is 0.0747. The molecule has 1 aromatic carbocycles. The minimum Gasteiger partial charge on any atom is -0.488 e. The molecular formula is C21H31NO2. The lowest BCUT2D eigenvalue weighted by Crippen LogP contribution is -2.34. The SMILES string of the molecule is CC(C)(C)c1ccc2c(c1)C[C@@H](CNC(=O)CCC1CCCC1)O2. The van der Waals surface area contributed by atoms with Crippen LogP contribution in [0.2, 0.25) is 0 Å². The van der Waals surface area contributed by atoms with Crippen LogP contribution in [0.5, 0.6) is 5.75 Å². The number of carbonyl (C=O) groups is 1. The molecule has 3 heteroatoms. The number of rotatable bonds is 5. The Morgan fingerprint density at radius 2 is 2.00 bits per heavy atom. The zero-order valence-corrected chi connectivity index (χ0v) is 15.4. The normalized spacial score (nSPS) is 20.7. The molecule has 0 spiro atoms. The highest BCUT2D eigenvalue weighted by molar-refractivity contribution is 5.75. The molecule has 1 aliphatic carbocycles. The summed E-state index contributed by atoms with van der Waals surface area (Å²) in [5, 5.41) is 3.06. The summed E-state index contributed by atoms with van der Waals surface area (Å²) < 4.78 is 5.99. The molecule has 1 aromatic rings. The summed E-state index contributed by atoms with van der Waals surface area (Å²) in [6.45, 7) is 7.30. The molecule has 0 aromatic heterocycles. The predicted octanol–water partition coefficient (Wildman–Crippen LogP) is 4.37. The number of nitrogens with one attached hydrogen (secondary N) is 1. The molecule has 0 radical (unpaired) electrons. The Bertz CT molecular complexity index is 582. The van der Waals surface area contributed by atoms with Gasteiger partial charge in [0.15, 0.2) is 0 Å². The van der Waals surface area contributed by atoms with Gasteiger partial charge in [-0.25, -0.2) is 0 Å². The lowest BCUT2D eigenvalue weighted by Gasteiger charge is -2.19. The fourth-order valence-corrected chi connectivity index (χ4v) is 3.85. The summed E-state index contributed by atoms with van der Waals surface area (Å²) in [5.74, 6) is 1.93. The van der Waals surface area contributed by atoms with Gasteiger partial charge in [0.1, 0.15) is 11.9 Å². The van der Waals surface area contributed by atoms with Crippen LogP contribution in [0.15, 0.2) is 18.2 Å². The van der Waals surface area contributed by atoms with E-state index in [-0.39, 0.29) is 17.4 Å². The summed E-state index contributed by atoms with van der Waals surface area (Å²) in [7, 11) is 0. The van der Waals surface area contributed by atoms with Crippen molar-refractivity contribution in [3.63, 3.8) is 0 Å². The van der Waals surface area contributed by atoms with Crippen molar-refractivity contribution in [1.29, 1.82) is 0 Å². The number of carbonyl (C=O) groups excluding carboxylic acids is 1. The van der Waals surface area contributed by atoms with Crippen LogP contribution in [0.25, 0.3) is 0 Å². The van der Waals surface area contributed by atoms with E-state index < -0.39 is 0 Å². The van der Waals surface area contributed by atoms with Gasteiger partial charge in [-0.3, -0.25) is 4.79 Å². The third kappa shape index (κ3) is 4.31. The van der Waals surface area contributed by atoms with Gasteiger partial charge >= 0.3 is 0 Å². The van der Waals surface area contributed by atoms with Gasteiger partial charge in [0, 0.05) is 12.8 Å². The van der Waals surface area contributed by atoms with Crippen LogP contribution in [0, 0.1) is 5.92 Å². The molecule has 1 N–H and O–H groups in total. The number of hydrogen-bond acceptors (Lipinski definition) is 2. The highest BCUT2D eigenvalue weighted by Crippen LogP contribution is 2.33. The van der Waals surface area contributed by atoms with E-state index in [0.717, 1.165) is 24.5 Å². The zero-order chi connectivity index (χ0) is 17.2. The van der Waals surface area contributed by atoms with Crippen LogP contribution in [0.3, 0.4) is 0 Å². The van der Waals surface area contributed by atoms with Crippen molar-refractivity contribution >= 4 is 5.91 Å². The van der Waals surface area contributed by atoms with Gasteiger partial charge in [0.2, 0.25) is 5.91 Å². The topological polar surface area (TPSA) is 38.3 Å². The first-order valence-electron chi connectivity index (χ1n) is 9.48. The highest BCUT2D eigenvalue weighted by atomic mass is 16.5. The molecule has 3 rings (SSSR count). The fraction of sp³-hybridized carbons (Fsp3) is 0.667. The average Bonchev–Trinajstić information content (AvgIpc) is 3.18. The summed E-state index contributed by atoms with van der Waals surface area (Å²) in [5.41, 5.74) is 2.76. The average molecular weight is 329 g/mol. The van der Waals surface area contributed by atoms with Crippen LogP contribution in [-0.2, 0) is 16.6 Å². The molecule has 1 heterocycles. The van der Waals surface area contributed by atoms with Gasteiger partial charge < -0.3 is 10.1 Å². The number of fused-ring (bicyclic) bond motifs is 1. The molecule has 1 amide bonds. The maximum Gasteiger partial charge on any atom is 0.220 e. The summed E-state index contributed by atoms with van der Waals surface area (Å²) in [6, 6.07) is 6.50. The van der Waals surface area contributed by atoms with Crippen LogP contribution < -0.4 is 10.1 Å².